The lowest BCUT2D eigenvalue weighted by atomic mass is 9.86. The fraction of sp³-hybridized carbons (Fsp3) is 0.214. The number of hydrogen-bond acceptors (Lipinski definition) is 3. The average molecular weight is 452 g/mol. The number of nitrogens with zero attached hydrogens (tertiary/aromatic N) is 2. The number of amides is 2. The molecule has 0 aliphatic carbocycles. The van der Waals surface area contributed by atoms with Crippen molar-refractivity contribution in [3.05, 3.63) is 101 Å². The number of carbonyl (C=O) groups is 2. The third-order valence-electron chi connectivity index (χ3n) is 6.99. The maximum Gasteiger partial charge on any atom is 0.246 e. The van der Waals surface area contributed by atoms with Gasteiger partial charge in [0.2, 0.25) is 11.8 Å². The summed E-state index contributed by atoms with van der Waals surface area (Å²) in [7, 11) is 1.63. The van der Waals surface area contributed by atoms with Crippen LogP contribution in [0.1, 0.15) is 28.4 Å². The lowest BCUT2D eigenvalue weighted by molar-refractivity contribution is -0.159. The Balaban J connectivity index is 1.41. The fourth-order valence-electron chi connectivity index (χ4n) is 5.39. The minimum absolute atomic E-state index is 0.00715. The SMILES string of the molecule is COc1ccc(CN2CC(=O)N3[C@@H](c4ccccc4)c4[nH]c5ccccc5c4C[C@H]3C2=O)cc1. The van der Waals surface area contributed by atoms with Crippen molar-refractivity contribution in [3.63, 3.8) is 0 Å². The molecule has 0 saturated carbocycles. The van der Waals surface area contributed by atoms with Crippen LogP contribution in [0.4, 0.5) is 0 Å². The first-order chi connectivity index (χ1) is 16.6. The number of carbonyl (C=O) groups excluding carboxylic acids is 2. The van der Waals surface area contributed by atoms with Gasteiger partial charge < -0.3 is 19.5 Å². The summed E-state index contributed by atoms with van der Waals surface area (Å²) < 4.78 is 5.24. The molecule has 1 fully saturated rings. The quantitative estimate of drug-likeness (QED) is 0.509. The molecule has 2 amide bonds. The Hall–Kier alpha value is -4.06. The molecule has 2 atom stereocenters. The molecule has 4 aromatic rings. The molecule has 1 N–H and O–H groups in total. The molecule has 0 spiro atoms. The van der Waals surface area contributed by atoms with Gasteiger partial charge in [0.1, 0.15) is 18.3 Å². The van der Waals surface area contributed by atoms with Gasteiger partial charge >= 0.3 is 0 Å². The number of rotatable bonds is 4. The van der Waals surface area contributed by atoms with E-state index < -0.39 is 6.04 Å². The first-order valence-electron chi connectivity index (χ1n) is 11.5. The smallest absolute Gasteiger partial charge is 0.246 e. The van der Waals surface area contributed by atoms with Crippen molar-refractivity contribution in [2.24, 2.45) is 0 Å². The number of H-pyrrole nitrogens is 1. The van der Waals surface area contributed by atoms with Gasteiger partial charge in [0.25, 0.3) is 0 Å². The van der Waals surface area contributed by atoms with Crippen LogP contribution in [0.2, 0.25) is 0 Å². The van der Waals surface area contributed by atoms with E-state index in [9.17, 15) is 9.59 Å². The molecule has 3 aromatic carbocycles. The molecular formula is C28H25N3O3. The summed E-state index contributed by atoms with van der Waals surface area (Å²) in [6.45, 7) is 0.468. The summed E-state index contributed by atoms with van der Waals surface area (Å²) in [6.07, 6.45) is 0.506. The topological polar surface area (TPSA) is 65.6 Å². The van der Waals surface area contributed by atoms with Gasteiger partial charge in [-0.15, -0.1) is 0 Å². The Kier molecular flexibility index (Phi) is 4.87. The van der Waals surface area contributed by atoms with Crippen LogP contribution in [0.3, 0.4) is 0 Å². The number of para-hydroxylation sites is 1. The number of methoxy groups -OCH3 is 1. The van der Waals surface area contributed by atoms with Gasteiger partial charge in [-0.25, -0.2) is 0 Å². The van der Waals surface area contributed by atoms with Crippen molar-refractivity contribution in [2.45, 2.75) is 25.0 Å². The van der Waals surface area contributed by atoms with Gasteiger partial charge in [-0.3, -0.25) is 9.59 Å². The zero-order valence-electron chi connectivity index (χ0n) is 18.9. The summed E-state index contributed by atoms with van der Waals surface area (Å²) in [5.41, 5.74) is 5.14. The van der Waals surface area contributed by atoms with E-state index in [4.69, 9.17) is 4.74 Å². The highest BCUT2D eigenvalue weighted by atomic mass is 16.5. The molecule has 6 rings (SSSR count). The highest BCUT2D eigenvalue weighted by Gasteiger charge is 2.48. The van der Waals surface area contributed by atoms with E-state index in [1.807, 2.05) is 72.8 Å². The largest absolute Gasteiger partial charge is 0.497 e. The van der Waals surface area contributed by atoms with Crippen molar-refractivity contribution >= 4 is 22.7 Å². The molecule has 3 heterocycles. The Bertz CT molecular complexity index is 1380. The average Bonchev–Trinajstić information content (AvgIpc) is 3.25. The first kappa shape index (κ1) is 20.5. The van der Waals surface area contributed by atoms with Gasteiger partial charge in [-0.1, -0.05) is 60.7 Å². The highest BCUT2D eigenvalue weighted by Crippen LogP contribution is 2.42. The Labute approximate surface area is 197 Å². The number of aromatic nitrogens is 1. The van der Waals surface area contributed by atoms with Crippen LogP contribution in [0, 0.1) is 0 Å². The van der Waals surface area contributed by atoms with Crippen molar-refractivity contribution < 1.29 is 14.3 Å². The zero-order valence-corrected chi connectivity index (χ0v) is 18.9. The molecular weight excluding hydrogens is 426 g/mol. The van der Waals surface area contributed by atoms with Gasteiger partial charge in [0, 0.05) is 29.6 Å². The lowest BCUT2D eigenvalue weighted by Gasteiger charge is -2.47. The van der Waals surface area contributed by atoms with E-state index in [-0.39, 0.29) is 24.4 Å². The molecule has 6 nitrogen and oxygen atoms in total. The van der Waals surface area contributed by atoms with Crippen molar-refractivity contribution in [1.82, 2.24) is 14.8 Å². The van der Waals surface area contributed by atoms with E-state index in [1.165, 1.54) is 0 Å². The summed E-state index contributed by atoms with van der Waals surface area (Å²) in [5, 5.41) is 1.12. The van der Waals surface area contributed by atoms with Crippen molar-refractivity contribution in [2.75, 3.05) is 13.7 Å². The van der Waals surface area contributed by atoms with E-state index in [2.05, 4.69) is 11.1 Å². The summed E-state index contributed by atoms with van der Waals surface area (Å²) in [6, 6.07) is 24.9. The maximum atomic E-state index is 13.8. The van der Waals surface area contributed by atoms with E-state index in [0.29, 0.717) is 13.0 Å². The van der Waals surface area contributed by atoms with Crippen LogP contribution in [0.5, 0.6) is 5.75 Å². The predicted octanol–water partition coefficient (Wildman–Crippen LogP) is 4.06. The van der Waals surface area contributed by atoms with Crippen LogP contribution < -0.4 is 4.74 Å². The fourth-order valence-corrected chi connectivity index (χ4v) is 5.39. The van der Waals surface area contributed by atoms with Gasteiger partial charge in [-0.05, 0) is 34.9 Å². The molecule has 1 aromatic heterocycles. The van der Waals surface area contributed by atoms with E-state index in [1.54, 1.807) is 16.9 Å². The maximum absolute atomic E-state index is 13.8. The number of nitrogens with one attached hydrogen (secondary N) is 1. The second kappa shape index (κ2) is 8.06. The number of aromatic amines is 1. The molecule has 0 unspecified atom stereocenters. The Morgan fingerprint density at radius 3 is 2.44 bits per heavy atom. The second-order valence-corrected chi connectivity index (χ2v) is 8.94. The van der Waals surface area contributed by atoms with Crippen LogP contribution in [-0.2, 0) is 22.6 Å². The number of fused-ring (bicyclic) bond motifs is 4. The zero-order chi connectivity index (χ0) is 23.2. The van der Waals surface area contributed by atoms with Gasteiger partial charge in [-0.2, -0.15) is 0 Å². The summed E-state index contributed by atoms with van der Waals surface area (Å²) >= 11 is 0. The number of benzene rings is 3. The monoisotopic (exact) mass is 451 g/mol. The molecule has 1 saturated heterocycles. The molecule has 170 valence electrons. The van der Waals surface area contributed by atoms with Crippen LogP contribution >= 0.6 is 0 Å². The third-order valence-corrected chi connectivity index (χ3v) is 6.99. The molecule has 2 aliphatic heterocycles. The van der Waals surface area contributed by atoms with Crippen molar-refractivity contribution in [1.29, 1.82) is 0 Å². The van der Waals surface area contributed by atoms with Gasteiger partial charge in [0.15, 0.2) is 0 Å². The number of piperazine rings is 1. The minimum atomic E-state index is -0.531. The first-order valence-corrected chi connectivity index (χ1v) is 11.5. The van der Waals surface area contributed by atoms with Crippen LogP contribution in [0.25, 0.3) is 10.9 Å². The standard InChI is InChI=1S/C28H25N3O3/c1-34-20-13-11-18(12-14-20)16-30-17-25(32)31-24(28(30)33)15-22-21-9-5-6-10-23(21)29-26(22)27(31)19-7-3-2-4-8-19/h2-14,24,27,29H,15-17H2,1H3/t24-,27-/m0/s1. The number of ether oxygens (including phenoxy) is 1. The highest BCUT2D eigenvalue weighted by molar-refractivity contribution is 5.97. The molecule has 34 heavy (non-hydrogen) atoms. The molecule has 0 bridgehead atoms. The van der Waals surface area contributed by atoms with Crippen LogP contribution in [0.15, 0.2) is 78.9 Å². The van der Waals surface area contributed by atoms with Gasteiger partial charge in [0.05, 0.1) is 13.2 Å². The van der Waals surface area contributed by atoms with Crippen molar-refractivity contribution in [3.8, 4) is 5.75 Å². The van der Waals surface area contributed by atoms with Crippen LogP contribution in [-0.4, -0.2) is 46.3 Å². The second-order valence-electron chi connectivity index (χ2n) is 8.94. The van der Waals surface area contributed by atoms with E-state index in [0.717, 1.165) is 39.0 Å². The summed E-state index contributed by atoms with van der Waals surface area (Å²) in [5.74, 6) is 0.726. The molecule has 2 aliphatic rings. The van der Waals surface area contributed by atoms with E-state index >= 15 is 0 Å². The minimum Gasteiger partial charge on any atom is -0.497 e. The number of hydrogen-bond donors (Lipinski definition) is 1. The lowest BCUT2D eigenvalue weighted by Crippen LogP contribution is -2.62. The third kappa shape index (κ3) is 3.25. The Morgan fingerprint density at radius 1 is 0.941 bits per heavy atom. The molecule has 0 radical (unpaired) electrons. The Morgan fingerprint density at radius 2 is 1.68 bits per heavy atom. The summed E-state index contributed by atoms with van der Waals surface area (Å²) in [4.78, 5) is 34.4. The predicted molar refractivity (Wildman–Crippen MR) is 129 cm³/mol. The molecule has 6 heteroatoms. The normalized spacial score (nSPS) is 19.8.